The minimum atomic E-state index is -0.313. The molecule has 0 aliphatic carbocycles. The van der Waals surface area contributed by atoms with Crippen molar-refractivity contribution in [1.82, 2.24) is 15.3 Å². The average molecular weight is 229 g/mol. The third-order valence-electron chi connectivity index (χ3n) is 2.19. The second-order valence-corrected chi connectivity index (χ2v) is 3.47. The molecule has 0 fully saturated rings. The fourth-order valence-corrected chi connectivity index (χ4v) is 1.36. The molecule has 0 radical (unpaired) electrons. The van der Waals surface area contributed by atoms with Gasteiger partial charge in [-0.3, -0.25) is 14.6 Å². The van der Waals surface area contributed by atoms with Gasteiger partial charge < -0.3 is 10.3 Å². The molecule has 0 saturated carbocycles. The Bertz CT molecular complexity index is 563. The van der Waals surface area contributed by atoms with E-state index in [1.54, 1.807) is 24.5 Å². The van der Waals surface area contributed by atoms with Crippen molar-refractivity contribution in [2.75, 3.05) is 0 Å². The summed E-state index contributed by atoms with van der Waals surface area (Å²) in [4.78, 5) is 29.1. The van der Waals surface area contributed by atoms with E-state index in [0.29, 0.717) is 6.54 Å². The van der Waals surface area contributed by atoms with E-state index in [1.807, 2.05) is 6.07 Å². The smallest absolute Gasteiger partial charge is 0.268 e. The summed E-state index contributed by atoms with van der Waals surface area (Å²) in [5.74, 6) is -0.313. The van der Waals surface area contributed by atoms with Crippen LogP contribution in [0.5, 0.6) is 0 Å². The molecular weight excluding hydrogens is 218 g/mol. The molecule has 0 aromatic carbocycles. The van der Waals surface area contributed by atoms with Crippen molar-refractivity contribution in [2.45, 2.75) is 6.54 Å². The van der Waals surface area contributed by atoms with Crippen molar-refractivity contribution in [3.8, 4) is 0 Å². The summed E-state index contributed by atoms with van der Waals surface area (Å²) in [5, 5.41) is 2.69. The van der Waals surface area contributed by atoms with E-state index in [2.05, 4.69) is 15.3 Å². The Balaban J connectivity index is 2.01. The molecule has 2 N–H and O–H groups in total. The number of amides is 1. The zero-order chi connectivity index (χ0) is 12.1. The van der Waals surface area contributed by atoms with Crippen molar-refractivity contribution in [3.63, 3.8) is 0 Å². The van der Waals surface area contributed by atoms with Crippen LogP contribution in [0.2, 0.25) is 0 Å². The summed E-state index contributed by atoms with van der Waals surface area (Å²) in [6.45, 7) is 0.379. The molecule has 86 valence electrons. The standard InChI is InChI=1S/C12H11N3O2/c16-11-5-1-4-10(15-11)12(17)14-8-9-3-2-6-13-7-9/h1-7H,8H2,(H,14,17)(H,15,16). The van der Waals surface area contributed by atoms with E-state index in [0.717, 1.165) is 5.56 Å². The Morgan fingerprint density at radius 3 is 2.88 bits per heavy atom. The number of rotatable bonds is 3. The monoisotopic (exact) mass is 229 g/mol. The summed E-state index contributed by atoms with van der Waals surface area (Å²) in [5.41, 5.74) is 0.861. The summed E-state index contributed by atoms with van der Waals surface area (Å²) in [7, 11) is 0. The van der Waals surface area contributed by atoms with Crippen LogP contribution in [0.15, 0.2) is 47.5 Å². The maximum atomic E-state index is 11.7. The summed E-state index contributed by atoms with van der Waals surface area (Å²) in [6, 6.07) is 8.11. The molecule has 1 amide bonds. The van der Waals surface area contributed by atoms with Crippen LogP contribution in [0.1, 0.15) is 16.1 Å². The van der Waals surface area contributed by atoms with Gasteiger partial charge in [0, 0.05) is 25.0 Å². The zero-order valence-corrected chi connectivity index (χ0v) is 9.01. The van der Waals surface area contributed by atoms with E-state index in [-0.39, 0.29) is 17.2 Å². The number of pyridine rings is 2. The lowest BCUT2D eigenvalue weighted by Gasteiger charge is -2.04. The highest BCUT2D eigenvalue weighted by molar-refractivity contribution is 5.92. The molecule has 0 aliphatic rings. The Kier molecular flexibility index (Phi) is 3.30. The second kappa shape index (κ2) is 5.07. The van der Waals surface area contributed by atoms with Gasteiger partial charge >= 0.3 is 0 Å². The van der Waals surface area contributed by atoms with Gasteiger partial charge in [0.1, 0.15) is 5.69 Å². The third kappa shape index (κ3) is 3.01. The topological polar surface area (TPSA) is 74.8 Å². The molecule has 0 atom stereocenters. The quantitative estimate of drug-likeness (QED) is 0.813. The molecule has 17 heavy (non-hydrogen) atoms. The highest BCUT2D eigenvalue weighted by atomic mass is 16.2. The number of nitrogens with zero attached hydrogens (tertiary/aromatic N) is 1. The van der Waals surface area contributed by atoms with Crippen molar-refractivity contribution in [2.24, 2.45) is 0 Å². The van der Waals surface area contributed by atoms with Crippen LogP contribution in [0, 0.1) is 0 Å². The first kappa shape index (κ1) is 11.1. The van der Waals surface area contributed by atoms with E-state index in [1.165, 1.54) is 12.1 Å². The normalized spacial score (nSPS) is 9.88. The predicted octanol–water partition coefficient (Wildman–Crippen LogP) is 0.700. The van der Waals surface area contributed by atoms with Crippen LogP contribution >= 0.6 is 0 Å². The van der Waals surface area contributed by atoms with Crippen LogP contribution in [-0.4, -0.2) is 15.9 Å². The molecule has 0 unspecified atom stereocenters. The first-order valence-electron chi connectivity index (χ1n) is 5.12. The molecule has 2 rings (SSSR count). The van der Waals surface area contributed by atoms with Crippen molar-refractivity contribution in [1.29, 1.82) is 0 Å². The number of hydrogen-bond donors (Lipinski definition) is 2. The minimum absolute atomic E-state index is 0.251. The lowest BCUT2D eigenvalue weighted by atomic mass is 10.3. The second-order valence-electron chi connectivity index (χ2n) is 3.47. The first-order valence-corrected chi connectivity index (χ1v) is 5.12. The number of nitrogens with one attached hydrogen (secondary N) is 2. The molecule has 0 spiro atoms. The molecule has 0 saturated heterocycles. The van der Waals surface area contributed by atoms with Gasteiger partial charge in [0.05, 0.1) is 0 Å². The maximum Gasteiger partial charge on any atom is 0.268 e. The van der Waals surface area contributed by atoms with E-state index in [4.69, 9.17) is 0 Å². The summed E-state index contributed by atoms with van der Waals surface area (Å²) >= 11 is 0. The lowest BCUT2D eigenvalue weighted by molar-refractivity contribution is 0.0945. The number of aromatic nitrogens is 2. The number of hydrogen-bond acceptors (Lipinski definition) is 3. The van der Waals surface area contributed by atoms with Gasteiger partial charge in [-0.2, -0.15) is 0 Å². The Hall–Kier alpha value is -2.43. The van der Waals surface area contributed by atoms with Gasteiger partial charge in [-0.15, -0.1) is 0 Å². The molecule has 5 nitrogen and oxygen atoms in total. The SMILES string of the molecule is O=C(NCc1cccnc1)c1cccc(=O)[nH]1. The summed E-state index contributed by atoms with van der Waals surface area (Å²) in [6.07, 6.45) is 3.34. The maximum absolute atomic E-state index is 11.7. The van der Waals surface area contributed by atoms with Gasteiger partial charge in [0.2, 0.25) is 5.56 Å². The minimum Gasteiger partial charge on any atom is -0.347 e. The number of carbonyl (C=O) groups is 1. The van der Waals surface area contributed by atoms with Crippen molar-refractivity contribution in [3.05, 3.63) is 64.3 Å². The van der Waals surface area contributed by atoms with Crippen LogP contribution in [-0.2, 0) is 6.54 Å². The Morgan fingerprint density at radius 2 is 2.18 bits per heavy atom. The molecule has 2 aromatic rings. The Morgan fingerprint density at radius 1 is 1.29 bits per heavy atom. The third-order valence-corrected chi connectivity index (χ3v) is 2.19. The number of carbonyl (C=O) groups excluding carboxylic acids is 1. The predicted molar refractivity (Wildman–Crippen MR) is 62.5 cm³/mol. The van der Waals surface area contributed by atoms with Crippen LogP contribution < -0.4 is 10.9 Å². The Labute approximate surface area is 97.5 Å². The van der Waals surface area contributed by atoms with E-state index < -0.39 is 0 Å². The van der Waals surface area contributed by atoms with Crippen LogP contribution in [0.3, 0.4) is 0 Å². The fraction of sp³-hybridized carbons (Fsp3) is 0.0833. The van der Waals surface area contributed by atoms with Crippen molar-refractivity contribution >= 4 is 5.91 Å². The van der Waals surface area contributed by atoms with E-state index in [9.17, 15) is 9.59 Å². The van der Waals surface area contributed by atoms with E-state index >= 15 is 0 Å². The lowest BCUT2D eigenvalue weighted by Crippen LogP contribution is -2.25. The van der Waals surface area contributed by atoms with Crippen LogP contribution in [0.4, 0.5) is 0 Å². The zero-order valence-electron chi connectivity index (χ0n) is 9.01. The highest BCUT2D eigenvalue weighted by Gasteiger charge is 2.05. The number of H-pyrrole nitrogens is 1. The molecule has 5 heteroatoms. The average Bonchev–Trinajstić information content (AvgIpc) is 2.37. The largest absolute Gasteiger partial charge is 0.347 e. The molecule has 0 bridgehead atoms. The van der Waals surface area contributed by atoms with Crippen molar-refractivity contribution < 1.29 is 4.79 Å². The van der Waals surface area contributed by atoms with Gasteiger partial charge in [-0.1, -0.05) is 12.1 Å². The van der Waals surface area contributed by atoms with Gasteiger partial charge in [0.15, 0.2) is 0 Å². The molecular formula is C12H11N3O2. The van der Waals surface area contributed by atoms with Gasteiger partial charge in [-0.05, 0) is 17.7 Å². The molecule has 0 aliphatic heterocycles. The van der Waals surface area contributed by atoms with Gasteiger partial charge in [-0.25, -0.2) is 0 Å². The molecule has 2 aromatic heterocycles. The molecule has 2 heterocycles. The first-order chi connectivity index (χ1) is 8.25. The highest BCUT2D eigenvalue weighted by Crippen LogP contribution is 1.96. The fourth-order valence-electron chi connectivity index (χ4n) is 1.36. The van der Waals surface area contributed by atoms with Crippen LogP contribution in [0.25, 0.3) is 0 Å². The summed E-state index contributed by atoms with van der Waals surface area (Å²) < 4.78 is 0. The van der Waals surface area contributed by atoms with Gasteiger partial charge in [0.25, 0.3) is 5.91 Å². The number of aromatic amines is 1.